The molecule has 4 nitrogen and oxygen atoms in total. The zero-order chi connectivity index (χ0) is 15.5. The van der Waals surface area contributed by atoms with E-state index in [4.69, 9.17) is 17.3 Å². The van der Waals surface area contributed by atoms with E-state index in [0.717, 1.165) is 18.4 Å². The van der Waals surface area contributed by atoms with Crippen molar-refractivity contribution in [2.24, 2.45) is 5.73 Å². The second kappa shape index (κ2) is 6.89. The Kier molecular flexibility index (Phi) is 6.01. The normalized spacial score (nSPS) is 13.8. The van der Waals surface area contributed by atoms with E-state index < -0.39 is 10.0 Å². The summed E-state index contributed by atoms with van der Waals surface area (Å²) < 4.78 is 26.8. The summed E-state index contributed by atoms with van der Waals surface area (Å²) >= 11 is 6.01. The van der Waals surface area contributed by atoms with E-state index >= 15 is 0 Å². The Morgan fingerprint density at radius 3 is 2.50 bits per heavy atom. The second-order valence-corrected chi connectivity index (χ2v) is 7.45. The number of benzene rings is 1. The van der Waals surface area contributed by atoms with Crippen molar-refractivity contribution in [3.8, 4) is 0 Å². The summed E-state index contributed by atoms with van der Waals surface area (Å²) in [6, 6.07) is 3.16. The van der Waals surface area contributed by atoms with Crippen molar-refractivity contribution in [3.05, 3.63) is 28.3 Å². The highest BCUT2D eigenvalue weighted by molar-refractivity contribution is 7.89. The van der Waals surface area contributed by atoms with E-state index in [-0.39, 0.29) is 17.5 Å². The lowest BCUT2D eigenvalue weighted by Gasteiger charge is -2.25. The molecular formula is C14H23ClN2O2S. The van der Waals surface area contributed by atoms with Crippen LogP contribution >= 0.6 is 11.6 Å². The first-order valence-corrected chi connectivity index (χ1v) is 8.54. The molecule has 1 unspecified atom stereocenters. The average molecular weight is 319 g/mol. The fourth-order valence-corrected chi connectivity index (χ4v) is 4.17. The molecule has 0 saturated carbocycles. The number of hydrogen-bond donors (Lipinski definition) is 1. The van der Waals surface area contributed by atoms with Gasteiger partial charge in [0.15, 0.2) is 0 Å². The summed E-state index contributed by atoms with van der Waals surface area (Å²) in [7, 11) is -1.94. The van der Waals surface area contributed by atoms with E-state index in [0.29, 0.717) is 10.6 Å². The summed E-state index contributed by atoms with van der Waals surface area (Å²) in [6.07, 6.45) is 1.75. The zero-order valence-electron chi connectivity index (χ0n) is 12.5. The quantitative estimate of drug-likeness (QED) is 0.877. The van der Waals surface area contributed by atoms with Crippen LogP contribution in [-0.2, 0) is 16.6 Å². The molecule has 0 amide bonds. The van der Waals surface area contributed by atoms with Gasteiger partial charge in [0.25, 0.3) is 0 Å². The molecule has 0 saturated heterocycles. The van der Waals surface area contributed by atoms with Crippen LogP contribution in [0.3, 0.4) is 0 Å². The Balaban J connectivity index is 3.32. The maximum atomic E-state index is 12.7. The number of hydrogen-bond acceptors (Lipinski definition) is 3. The Labute approximate surface area is 127 Å². The standard InChI is InChI=1S/C14H23ClN2O2S/c1-5-6-10(2)17(4)20(18,19)14-8-13(15)7-12(9-16)11(14)3/h7-8,10H,5-6,9,16H2,1-4H3. The van der Waals surface area contributed by atoms with Gasteiger partial charge in [0.05, 0.1) is 4.90 Å². The molecule has 1 aromatic carbocycles. The molecule has 114 valence electrons. The number of sulfonamides is 1. The molecular weight excluding hydrogens is 296 g/mol. The molecule has 0 radical (unpaired) electrons. The topological polar surface area (TPSA) is 63.4 Å². The van der Waals surface area contributed by atoms with Crippen LogP contribution < -0.4 is 5.73 Å². The van der Waals surface area contributed by atoms with Crippen LogP contribution in [0.15, 0.2) is 17.0 Å². The van der Waals surface area contributed by atoms with Crippen LogP contribution in [0.1, 0.15) is 37.8 Å². The molecule has 0 bridgehead atoms. The molecule has 6 heteroatoms. The van der Waals surface area contributed by atoms with E-state index in [1.54, 1.807) is 20.0 Å². The van der Waals surface area contributed by atoms with Crippen molar-refractivity contribution >= 4 is 21.6 Å². The highest BCUT2D eigenvalue weighted by Crippen LogP contribution is 2.27. The number of rotatable bonds is 6. The maximum absolute atomic E-state index is 12.7. The minimum atomic E-state index is -3.55. The molecule has 1 aromatic rings. The van der Waals surface area contributed by atoms with Crippen molar-refractivity contribution in [3.63, 3.8) is 0 Å². The van der Waals surface area contributed by atoms with Gasteiger partial charge in [-0.05, 0) is 43.5 Å². The van der Waals surface area contributed by atoms with Crippen LogP contribution in [0, 0.1) is 6.92 Å². The lowest BCUT2D eigenvalue weighted by Crippen LogP contribution is -2.35. The zero-order valence-corrected chi connectivity index (χ0v) is 14.1. The van der Waals surface area contributed by atoms with Gasteiger partial charge in [0, 0.05) is 24.7 Å². The van der Waals surface area contributed by atoms with E-state index in [9.17, 15) is 8.42 Å². The highest BCUT2D eigenvalue weighted by atomic mass is 35.5. The molecule has 20 heavy (non-hydrogen) atoms. The SMILES string of the molecule is CCCC(C)N(C)S(=O)(=O)c1cc(Cl)cc(CN)c1C. The van der Waals surface area contributed by atoms with Gasteiger partial charge in [-0.25, -0.2) is 8.42 Å². The summed E-state index contributed by atoms with van der Waals surface area (Å²) in [4.78, 5) is 0.246. The number of nitrogens with zero attached hydrogens (tertiary/aromatic N) is 1. The third kappa shape index (κ3) is 3.52. The van der Waals surface area contributed by atoms with Gasteiger partial charge < -0.3 is 5.73 Å². The van der Waals surface area contributed by atoms with Gasteiger partial charge in [-0.3, -0.25) is 0 Å². The van der Waals surface area contributed by atoms with Crippen molar-refractivity contribution in [1.29, 1.82) is 0 Å². The number of nitrogens with two attached hydrogens (primary N) is 1. The van der Waals surface area contributed by atoms with Gasteiger partial charge in [0.2, 0.25) is 10.0 Å². The van der Waals surface area contributed by atoms with Gasteiger partial charge in [-0.1, -0.05) is 24.9 Å². The highest BCUT2D eigenvalue weighted by Gasteiger charge is 2.27. The molecule has 1 atom stereocenters. The average Bonchev–Trinajstić information content (AvgIpc) is 2.40. The molecule has 0 aliphatic rings. The van der Waals surface area contributed by atoms with Crippen LogP contribution in [0.25, 0.3) is 0 Å². The maximum Gasteiger partial charge on any atom is 0.243 e. The van der Waals surface area contributed by atoms with E-state index in [2.05, 4.69) is 0 Å². The van der Waals surface area contributed by atoms with Crippen molar-refractivity contribution in [1.82, 2.24) is 4.31 Å². The summed E-state index contributed by atoms with van der Waals surface area (Å²) in [5, 5.41) is 0.395. The van der Waals surface area contributed by atoms with E-state index in [1.165, 1.54) is 10.4 Å². The van der Waals surface area contributed by atoms with Crippen molar-refractivity contribution in [2.45, 2.75) is 51.1 Å². The second-order valence-electron chi connectivity index (χ2n) is 5.05. The molecule has 0 aliphatic heterocycles. The smallest absolute Gasteiger partial charge is 0.243 e. The first-order valence-electron chi connectivity index (χ1n) is 6.72. The van der Waals surface area contributed by atoms with Crippen LogP contribution in [0.5, 0.6) is 0 Å². The Hall–Kier alpha value is -0.620. The summed E-state index contributed by atoms with van der Waals surface area (Å²) in [5.74, 6) is 0. The minimum Gasteiger partial charge on any atom is -0.326 e. The Morgan fingerprint density at radius 1 is 1.40 bits per heavy atom. The summed E-state index contributed by atoms with van der Waals surface area (Å²) in [6.45, 7) is 5.98. The number of halogens is 1. The molecule has 2 N–H and O–H groups in total. The van der Waals surface area contributed by atoms with Gasteiger partial charge in [-0.15, -0.1) is 0 Å². The van der Waals surface area contributed by atoms with Crippen molar-refractivity contribution < 1.29 is 8.42 Å². The lowest BCUT2D eigenvalue weighted by molar-refractivity contribution is 0.368. The Morgan fingerprint density at radius 2 is 2.00 bits per heavy atom. The third-order valence-electron chi connectivity index (χ3n) is 3.64. The fraction of sp³-hybridized carbons (Fsp3) is 0.571. The predicted octanol–water partition coefficient (Wildman–Crippen LogP) is 2.92. The Bertz CT molecular complexity index is 573. The monoisotopic (exact) mass is 318 g/mol. The third-order valence-corrected chi connectivity index (χ3v) is 5.95. The van der Waals surface area contributed by atoms with E-state index in [1.807, 2.05) is 13.8 Å². The van der Waals surface area contributed by atoms with Crippen LogP contribution in [0.4, 0.5) is 0 Å². The summed E-state index contributed by atoms with van der Waals surface area (Å²) in [5.41, 5.74) is 7.08. The van der Waals surface area contributed by atoms with Gasteiger partial charge >= 0.3 is 0 Å². The largest absolute Gasteiger partial charge is 0.326 e. The molecule has 1 rings (SSSR count). The fourth-order valence-electron chi connectivity index (χ4n) is 2.18. The molecule has 0 spiro atoms. The molecule has 0 heterocycles. The lowest BCUT2D eigenvalue weighted by atomic mass is 10.1. The molecule has 0 aliphatic carbocycles. The first kappa shape index (κ1) is 17.4. The molecule has 0 fully saturated rings. The van der Waals surface area contributed by atoms with Gasteiger partial charge in [-0.2, -0.15) is 4.31 Å². The van der Waals surface area contributed by atoms with Gasteiger partial charge in [0.1, 0.15) is 0 Å². The van der Waals surface area contributed by atoms with Crippen LogP contribution in [0.2, 0.25) is 5.02 Å². The first-order chi connectivity index (χ1) is 9.25. The molecule has 0 aromatic heterocycles. The predicted molar refractivity (Wildman–Crippen MR) is 83.4 cm³/mol. The minimum absolute atomic E-state index is 0.0512. The van der Waals surface area contributed by atoms with Crippen molar-refractivity contribution in [2.75, 3.05) is 7.05 Å². The van der Waals surface area contributed by atoms with Crippen LogP contribution in [-0.4, -0.2) is 25.8 Å².